The van der Waals surface area contributed by atoms with E-state index < -0.39 is 6.09 Å². The van der Waals surface area contributed by atoms with Gasteiger partial charge in [-0.05, 0) is 49.2 Å². The lowest BCUT2D eigenvalue weighted by Crippen LogP contribution is -2.31. The molecule has 2 aromatic carbocycles. The van der Waals surface area contributed by atoms with Crippen molar-refractivity contribution < 1.29 is 19.1 Å². The number of rotatable bonds is 3. The van der Waals surface area contributed by atoms with Crippen LogP contribution in [-0.4, -0.2) is 25.0 Å². The van der Waals surface area contributed by atoms with Gasteiger partial charge in [-0.25, -0.2) is 4.79 Å². The summed E-state index contributed by atoms with van der Waals surface area (Å²) in [5, 5.41) is 0. The summed E-state index contributed by atoms with van der Waals surface area (Å²) in [7, 11) is 1.63. The summed E-state index contributed by atoms with van der Waals surface area (Å²) in [4.78, 5) is 40.4. The Morgan fingerprint density at radius 2 is 1.50 bits per heavy atom. The summed E-state index contributed by atoms with van der Waals surface area (Å²) < 4.78 is 5.40. The van der Waals surface area contributed by atoms with E-state index in [1.807, 2.05) is 30.3 Å². The Morgan fingerprint density at radius 1 is 0.929 bits per heavy atom. The minimum absolute atomic E-state index is 0.108. The lowest BCUT2D eigenvalue weighted by Gasteiger charge is -2.19. The highest BCUT2D eigenvalue weighted by Gasteiger charge is 2.48. The van der Waals surface area contributed by atoms with Crippen molar-refractivity contribution in [2.24, 2.45) is 11.8 Å². The SMILES string of the molecule is CN(C(=O)Oc1ccc(N2C(=O)C3CCCCC3C2=O)cc1)c1ccccc1. The molecule has 3 amide bonds. The molecule has 0 bridgehead atoms. The van der Waals surface area contributed by atoms with Gasteiger partial charge in [0.15, 0.2) is 0 Å². The first-order chi connectivity index (χ1) is 13.6. The maximum atomic E-state index is 12.7. The van der Waals surface area contributed by atoms with Crippen LogP contribution >= 0.6 is 0 Å². The summed E-state index contributed by atoms with van der Waals surface area (Å²) in [5.41, 5.74) is 1.25. The first-order valence-corrected chi connectivity index (χ1v) is 9.55. The molecule has 1 saturated carbocycles. The third-order valence-electron chi connectivity index (χ3n) is 5.56. The number of fused-ring (bicyclic) bond motifs is 1. The molecule has 2 fully saturated rings. The van der Waals surface area contributed by atoms with Crippen molar-refractivity contribution in [3.05, 3.63) is 54.6 Å². The summed E-state index contributed by atoms with van der Waals surface area (Å²) in [6, 6.07) is 15.7. The number of benzene rings is 2. The van der Waals surface area contributed by atoms with Crippen molar-refractivity contribution in [2.75, 3.05) is 16.8 Å². The molecule has 0 N–H and O–H groups in total. The van der Waals surface area contributed by atoms with Gasteiger partial charge < -0.3 is 4.74 Å². The number of anilines is 2. The van der Waals surface area contributed by atoms with Gasteiger partial charge in [-0.2, -0.15) is 0 Å². The third-order valence-corrected chi connectivity index (χ3v) is 5.56. The van der Waals surface area contributed by atoms with E-state index in [4.69, 9.17) is 4.74 Å². The minimum atomic E-state index is -0.515. The van der Waals surface area contributed by atoms with E-state index in [0.717, 1.165) is 31.4 Å². The van der Waals surface area contributed by atoms with Gasteiger partial charge in [-0.1, -0.05) is 31.0 Å². The predicted octanol–water partition coefficient (Wildman–Crippen LogP) is 4.00. The normalized spacial score (nSPS) is 21.4. The zero-order valence-corrected chi connectivity index (χ0v) is 15.7. The molecule has 1 saturated heterocycles. The van der Waals surface area contributed by atoms with E-state index >= 15 is 0 Å². The van der Waals surface area contributed by atoms with Crippen molar-refractivity contribution in [1.82, 2.24) is 0 Å². The van der Waals surface area contributed by atoms with Gasteiger partial charge in [0.05, 0.1) is 17.5 Å². The zero-order chi connectivity index (χ0) is 19.7. The Kier molecular flexibility index (Phi) is 4.86. The number of carbonyl (C=O) groups excluding carboxylic acids is 3. The number of carbonyl (C=O) groups is 3. The molecule has 144 valence electrons. The number of imide groups is 1. The van der Waals surface area contributed by atoms with Crippen LogP contribution in [-0.2, 0) is 9.59 Å². The van der Waals surface area contributed by atoms with E-state index in [1.54, 1.807) is 31.3 Å². The van der Waals surface area contributed by atoms with Gasteiger partial charge in [-0.3, -0.25) is 19.4 Å². The monoisotopic (exact) mass is 378 g/mol. The first kappa shape index (κ1) is 18.2. The number of nitrogens with zero attached hydrogens (tertiary/aromatic N) is 2. The van der Waals surface area contributed by atoms with Crippen LogP contribution in [0.3, 0.4) is 0 Å². The first-order valence-electron chi connectivity index (χ1n) is 9.55. The van der Waals surface area contributed by atoms with Gasteiger partial charge >= 0.3 is 6.09 Å². The fourth-order valence-corrected chi connectivity index (χ4v) is 4.01. The Bertz CT molecular complexity index is 871. The Hall–Kier alpha value is -3.15. The van der Waals surface area contributed by atoms with Gasteiger partial charge in [0.1, 0.15) is 5.75 Å². The summed E-state index contributed by atoms with van der Waals surface area (Å²) in [5.74, 6) is -0.226. The molecule has 2 aliphatic rings. The predicted molar refractivity (Wildman–Crippen MR) is 105 cm³/mol. The van der Waals surface area contributed by atoms with Gasteiger partial charge in [0.25, 0.3) is 0 Å². The lowest BCUT2D eigenvalue weighted by atomic mass is 9.81. The Balaban J connectivity index is 1.46. The molecule has 1 aliphatic heterocycles. The number of amides is 3. The second-order valence-electron chi connectivity index (χ2n) is 7.27. The van der Waals surface area contributed by atoms with Crippen molar-refractivity contribution in [2.45, 2.75) is 25.7 Å². The van der Waals surface area contributed by atoms with Crippen molar-refractivity contribution in [3.8, 4) is 5.75 Å². The topological polar surface area (TPSA) is 66.9 Å². The molecule has 2 aromatic rings. The van der Waals surface area contributed by atoms with Crippen molar-refractivity contribution >= 4 is 29.3 Å². The largest absolute Gasteiger partial charge is 0.419 e. The molecular formula is C22H22N2O4. The van der Waals surface area contributed by atoms with Gasteiger partial charge in [-0.15, -0.1) is 0 Å². The average molecular weight is 378 g/mol. The van der Waals surface area contributed by atoms with Crippen molar-refractivity contribution in [1.29, 1.82) is 0 Å². The highest BCUT2D eigenvalue weighted by molar-refractivity contribution is 6.22. The second kappa shape index (κ2) is 7.46. The minimum Gasteiger partial charge on any atom is -0.410 e. The molecule has 28 heavy (non-hydrogen) atoms. The Morgan fingerprint density at radius 3 is 2.07 bits per heavy atom. The van der Waals surface area contributed by atoms with Crippen LogP contribution in [0.1, 0.15) is 25.7 Å². The van der Waals surface area contributed by atoms with E-state index in [2.05, 4.69) is 0 Å². The molecule has 1 aliphatic carbocycles. The molecule has 2 atom stereocenters. The molecule has 0 aromatic heterocycles. The molecule has 0 spiro atoms. The highest BCUT2D eigenvalue weighted by Crippen LogP contribution is 2.40. The van der Waals surface area contributed by atoms with Crippen LogP contribution < -0.4 is 14.5 Å². The summed E-state index contributed by atoms with van der Waals surface area (Å²) in [6.07, 6.45) is 3.05. The van der Waals surface area contributed by atoms with Crippen LogP contribution in [0.15, 0.2) is 54.6 Å². The number of ether oxygens (including phenoxy) is 1. The van der Waals surface area contributed by atoms with E-state index in [0.29, 0.717) is 11.4 Å². The maximum absolute atomic E-state index is 12.7. The molecular weight excluding hydrogens is 356 g/mol. The van der Waals surface area contributed by atoms with E-state index in [-0.39, 0.29) is 23.7 Å². The zero-order valence-electron chi connectivity index (χ0n) is 15.7. The Labute approximate surface area is 163 Å². The second-order valence-corrected chi connectivity index (χ2v) is 7.27. The summed E-state index contributed by atoms with van der Waals surface area (Å²) in [6.45, 7) is 0. The molecule has 6 heteroatoms. The highest BCUT2D eigenvalue weighted by atomic mass is 16.6. The number of hydrogen-bond donors (Lipinski definition) is 0. The molecule has 2 unspecified atom stereocenters. The van der Waals surface area contributed by atoms with Crippen molar-refractivity contribution in [3.63, 3.8) is 0 Å². The van der Waals surface area contributed by atoms with Crippen LogP contribution in [0.5, 0.6) is 5.75 Å². The van der Waals surface area contributed by atoms with Gasteiger partial charge in [0.2, 0.25) is 11.8 Å². The van der Waals surface area contributed by atoms with Gasteiger partial charge in [0, 0.05) is 12.7 Å². The summed E-state index contributed by atoms with van der Waals surface area (Å²) >= 11 is 0. The van der Waals surface area contributed by atoms with Crippen LogP contribution in [0.2, 0.25) is 0 Å². The van der Waals surface area contributed by atoms with Crippen LogP contribution in [0.25, 0.3) is 0 Å². The number of hydrogen-bond acceptors (Lipinski definition) is 4. The standard InChI is InChI=1S/C22H22N2O4/c1-23(15-7-3-2-4-8-15)22(27)28-17-13-11-16(12-14-17)24-20(25)18-9-5-6-10-19(18)21(24)26/h2-4,7-8,11-14,18-19H,5-6,9-10H2,1H3. The molecule has 4 rings (SSSR count). The van der Waals surface area contributed by atoms with E-state index in [9.17, 15) is 14.4 Å². The number of para-hydroxylation sites is 1. The van der Waals surface area contributed by atoms with Crippen LogP contribution in [0, 0.1) is 11.8 Å². The molecule has 1 heterocycles. The third kappa shape index (κ3) is 3.26. The molecule has 0 radical (unpaired) electrons. The maximum Gasteiger partial charge on any atom is 0.419 e. The fourth-order valence-electron chi connectivity index (χ4n) is 4.01. The molecule has 6 nitrogen and oxygen atoms in total. The smallest absolute Gasteiger partial charge is 0.410 e. The average Bonchev–Trinajstić information content (AvgIpc) is 2.99. The quantitative estimate of drug-likeness (QED) is 0.757. The van der Waals surface area contributed by atoms with E-state index in [1.165, 1.54) is 9.80 Å². The fraction of sp³-hybridized carbons (Fsp3) is 0.318. The van der Waals surface area contributed by atoms with Crippen LogP contribution in [0.4, 0.5) is 16.2 Å². The lowest BCUT2D eigenvalue weighted by molar-refractivity contribution is -0.122.